The van der Waals surface area contributed by atoms with Gasteiger partial charge >= 0.3 is 6.18 Å². The molecule has 0 aliphatic heterocycles. The van der Waals surface area contributed by atoms with Crippen molar-refractivity contribution in [3.63, 3.8) is 0 Å². The van der Waals surface area contributed by atoms with Gasteiger partial charge in [-0.3, -0.25) is 10.4 Å². The first kappa shape index (κ1) is 14.8. The summed E-state index contributed by atoms with van der Waals surface area (Å²) in [5, 5.41) is 10.1. The molecular weight excluding hydrogens is 271 g/mol. The van der Waals surface area contributed by atoms with Crippen LogP contribution in [0, 0.1) is 0 Å². The van der Waals surface area contributed by atoms with Crippen LogP contribution in [0.5, 0.6) is 0 Å². The molecular formula is C13H16F3N3O. The Bertz CT molecular complexity index is 581. The zero-order valence-corrected chi connectivity index (χ0v) is 11.2. The number of rotatable bonds is 5. The molecule has 0 fully saturated rings. The molecule has 0 aliphatic carbocycles. The molecule has 2 N–H and O–H groups in total. The molecule has 4 nitrogen and oxygen atoms in total. The van der Waals surface area contributed by atoms with Crippen LogP contribution in [0.15, 0.2) is 24.4 Å². The number of fused-ring (bicyclic) bond motifs is 1. The van der Waals surface area contributed by atoms with Crippen molar-refractivity contribution in [2.24, 2.45) is 0 Å². The molecule has 0 amide bonds. The number of methoxy groups -OCH3 is 1. The first-order chi connectivity index (χ1) is 9.36. The van der Waals surface area contributed by atoms with Crippen molar-refractivity contribution in [2.45, 2.75) is 25.2 Å². The fourth-order valence-electron chi connectivity index (χ4n) is 1.91. The minimum atomic E-state index is -4.39. The Morgan fingerprint density at radius 3 is 2.75 bits per heavy atom. The topological polar surface area (TPSA) is 49.9 Å². The molecule has 0 saturated heterocycles. The van der Waals surface area contributed by atoms with Crippen LogP contribution in [0.2, 0.25) is 0 Å². The Hall–Kier alpha value is -1.60. The van der Waals surface area contributed by atoms with Gasteiger partial charge in [-0.2, -0.15) is 18.3 Å². The van der Waals surface area contributed by atoms with Gasteiger partial charge in [-0.25, -0.2) is 0 Å². The monoisotopic (exact) mass is 287 g/mol. The predicted octanol–water partition coefficient (Wildman–Crippen LogP) is 2.62. The van der Waals surface area contributed by atoms with E-state index in [2.05, 4.69) is 20.3 Å². The first-order valence-corrected chi connectivity index (χ1v) is 6.08. The number of nitrogens with zero attached hydrogens (tertiary/aromatic N) is 1. The summed E-state index contributed by atoms with van der Waals surface area (Å²) in [6, 6.07) is 5.37. The molecule has 1 atom stereocenters. The number of hydrogen-bond acceptors (Lipinski definition) is 3. The third kappa shape index (κ3) is 2.94. The fourth-order valence-corrected chi connectivity index (χ4v) is 1.91. The summed E-state index contributed by atoms with van der Waals surface area (Å²) in [7, 11) is 1.25. The van der Waals surface area contributed by atoms with E-state index in [-0.39, 0.29) is 6.54 Å². The van der Waals surface area contributed by atoms with Crippen molar-refractivity contribution < 1.29 is 17.9 Å². The van der Waals surface area contributed by atoms with E-state index in [9.17, 15) is 13.2 Å². The van der Waals surface area contributed by atoms with Crippen molar-refractivity contribution in [3.05, 3.63) is 30.0 Å². The number of halogens is 3. The maximum Gasteiger partial charge on any atom is 0.408 e. The van der Waals surface area contributed by atoms with Gasteiger partial charge in [0, 0.05) is 19.0 Å². The minimum Gasteiger partial charge on any atom is -0.382 e. The maximum absolute atomic E-state index is 13.0. The Labute approximate surface area is 114 Å². The average Bonchev–Trinajstić information content (AvgIpc) is 2.82. The molecule has 1 aromatic carbocycles. The lowest BCUT2D eigenvalue weighted by molar-refractivity contribution is -0.204. The van der Waals surface area contributed by atoms with Gasteiger partial charge in [-0.05, 0) is 18.6 Å². The zero-order chi connectivity index (χ0) is 14.8. The van der Waals surface area contributed by atoms with E-state index >= 15 is 0 Å². The number of aromatic nitrogens is 2. The van der Waals surface area contributed by atoms with Gasteiger partial charge in [0.1, 0.15) is 5.54 Å². The molecule has 0 radical (unpaired) electrons. The minimum absolute atomic E-state index is 0.0916. The normalized spacial score (nSPS) is 15.4. The zero-order valence-electron chi connectivity index (χ0n) is 11.2. The molecule has 1 heterocycles. The van der Waals surface area contributed by atoms with E-state index in [1.54, 1.807) is 18.3 Å². The van der Waals surface area contributed by atoms with Crippen LogP contribution in [0.25, 0.3) is 10.9 Å². The largest absolute Gasteiger partial charge is 0.408 e. The van der Waals surface area contributed by atoms with E-state index in [0.717, 1.165) is 23.4 Å². The van der Waals surface area contributed by atoms with Crippen LogP contribution in [0.3, 0.4) is 0 Å². The molecule has 110 valence electrons. The number of nitrogens with one attached hydrogen (secondary N) is 2. The summed E-state index contributed by atoms with van der Waals surface area (Å²) < 4.78 is 43.8. The van der Waals surface area contributed by atoms with Gasteiger partial charge in [-0.15, -0.1) is 0 Å². The second-order valence-corrected chi connectivity index (χ2v) is 4.91. The molecule has 2 aromatic rings. The lowest BCUT2D eigenvalue weighted by Gasteiger charge is -2.32. The van der Waals surface area contributed by atoms with Crippen molar-refractivity contribution >= 4 is 10.9 Å². The summed E-state index contributed by atoms with van der Waals surface area (Å²) in [4.78, 5) is 0. The first-order valence-electron chi connectivity index (χ1n) is 6.08. The highest BCUT2D eigenvalue weighted by molar-refractivity contribution is 5.78. The third-order valence-corrected chi connectivity index (χ3v) is 3.25. The quantitative estimate of drug-likeness (QED) is 0.888. The Morgan fingerprint density at radius 2 is 2.10 bits per heavy atom. The van der Waals surface area contributed by atoms with Crippen molar-refractivity contribution in [2.75, 3.05) is 13.7 Å². The third-order valence-electron chi connectivity index (χ3n) is 3.25. The van der Waals surface area contributed by atoms with Crippen LogP contribution in [-0.2, 0) is 11.3 Å². The van der Waals surface area contributed by atoms with Crippen molar-refractivity contribution in [1.82, 2.24) is 15.5 Å². The number of ether oxygens (including phenoxy) is 1. The Balaban J connectivity index is 2.12. The summed E-state index contributed by atoms with van der Waals surface area (Å²) in [5.41, 5.74) is -0.539. The summed E-state index contributed by atoms with van der Waals surface area (Å²) in [5.74, 6) is 0. The summed E-state index contributed by atoms with van der Waals surface area (Å²) in [6.45, 7) is 0.738. The van der Waals surface area contributed by atoms with E-state index in [1.165, 1.54) is 7.11 Å². The van der Waals surface area contributed by atoms with Gasteiger partial charge in [0.2, 0.25) is 0 Å². The van der Waals surface area contributed by atoms with E-state index in [0.29, 0.717) is 0 Å². The van der Waals surface area contributed by atoms with Crippen LogP contribution >= 0.6 is 0 Å². The highest BCUT2D eigenvalue weighted by Crippen LogP contribution is 2.30. The van der Waals surface area contributed by atoms with Crippen LogP contribution in [-0.4, -0.2) is 35.6 Å². The van der Waals surface area contributed by atoms with Gasteiger partial charge in [0.05, 0.1) is 18.3 Å². The van der Waals surface area contributed by atoms with E-state index < -0.39 is 18.3 Å². The molecule has 1 aromatic heterocycles. The van der Waals surface area contributed by atoms with Gasteiger partial charge < -0.3 is 4.74 Å². The van der Waals surface area contributed by atoms with Crippen LogP contribution < -0.4 is 5.32 Å². The SMILES string of the molecule is COC[C@](C)(NCc1ccc2cn[nH]c2c1)C(F)(F)F. The lowest BCUT2D eigenvalue weighted by atomic mass is 10.0. The highest BCUT2D eigenvalue weighted by atomic mass is 19.4. The number of benzene rings is 1. The lowest BCUT2D eigenvalue weighted by Crippen LogP contribution is -2.57. The average molecular weight is 287 g/mol. The molecule has 0 unspecified atom stereocenters. The number of alkyl halides is 3. The second kappa shape index (κ2) is 5.41. The molecule has 0 spiro atoms. The molecule has 7 heteroatoms. The fraction of sp³-hybridized carbons (Fsp3) is 0.462. The maximum atomic E-state index is 13.0. The number of aromatic amines is 1. The standard InChI is InChI=1S/C13H16F3N3O/c1-12(8-20-2,13(14,15)16)17-6-9-3-4-10-7-18-19-11(10)5-9/h3-5,7,17H,6,8H2,1-2H3,(H,18,19)/t12-/m0/s1. The summed E-state index contributed by atoms with van der Waals surface area (Å²) in [6.07, 6.45) is -2.72. The smallest absolute Gasteiger partial charge is 0.382 e. The van der Waals surface area contributed by atoms with E-state index in [1.807, 2.05) is 6.07 Å². The Kier molecular flexibility index (Phi) is 4.01. The van der Waals surface area contributed by atoms with E-state index in [4.69, 9.17) is 0 Å². The van der Waals surface area contributed by atoms with Crippen LogP contribution in [0.4, 0.5) is 13.2 Å². The van der Waals surface area contributed by atoms with Crippen LogP contribution in [0.1, 0.15) is 12.5 Å². The number of hydrogen-bond donors (Lipinski definition) is 2. The Morgan fingerprint density at radius 1 is 1.35 bits per heavy atom. The highest BCUT2D eigenvalue weighted by Gasteiger charge is 2.50. The van der Waals surface area contributed by atoms with Gasteiger partial charge in [-0.1, -0.05) is 12.1 Å². The molecule has 20 heavy (non-hydrogen) atoms. The van der Waals surface area contributed by atoms with Gasteiger partial charge in [0.25, 0.3) is 0 Å². The van der Waals surface area contributed by atoms with Gasteiger partial charge in [0.15, 0.2) is 0 Å². The van der Waals surface area contributed by atoms with Crippen molar-refractivity contribution in [1.29, 1.82) is 0 Å². The predicted molar refractivity (Wildman–Crippen MR) is 69.3 cm³/mol. The molecule has 0 aliphatic rings. The molecule has 2 rings (SSSR count). The molecule has 0 saturated carbocycles. The summed E-state index contributed by atoms with van der Waals surface area (Å²) >= 11 is 0. The molecule has 0 bridgehead atoms. The number of H-pyrrole nitrogens is 1. The second-order valence-electron chi connectivity index (χ2n) is 4.91. The van der Waals surface area contributed by atoms with Crippen molar-refractivity contribution in [3.8, 4) is 0 Å².